The lowest BCUT2D eigenvalue weighted by atomic mass is 9.97. The number of aromatic nitrogens is 8. The van der Waals surface area contributed by atoms with E-state index in [9.17, 15) is 20.4 Å². The first kappa shape index (κ1) is 27.3. The number of aliphatic hydroxyl groups is 4. The Bertz CT molecular complexity index is 1440. The third-order valence-electron chi connectivity index (χ3n) is 7.34. The van der Waals surface area contributed by atoms with Crippen molar-refractivity contribution >= 4 is 55.6 Å². The van der Waals surface area contributed by atoms with Gasteiger partial charge in [-0.05, 0) is 13.8 Å². The average Bonchev–Trinajstić information content (AvgIpc) is 3.64. The van der Waals surface area contributed by atoms with Crippen molar-refractivity contribution in [2.24, 2.45) is 0 Å². The predicted octanol–water partition coefficient (Wildman–Crippen LogP) is -0.769. The first-order valence-electron chi connectivity index (χ1n) is 12.2. The number of hydrogen-bond acceptors (Lipinski definition) is 16. The molecule has 18 heteroatoms. The Morgan fingerprint density at radius 3 is 1.55 bits per heavy atom. The molecule has 16 nitrogen and oxygen atoms in total. The van der Waals surface area contributed by atoms with Crippen LogP contribution in [0.1, 0.15) is 26.3 Å². The number of ether oxygens (including phenoxy) is 2. The van der Waals surface area contributed by atoms with Crippen molar-refractivity contribution in [3.63, 3.8) is 0 Å². The zero-order valence-corrected chi connectivity index (χ0v) is 23.0. The van der Waals surface area contributed by atoms with Gasteiger partial charge >= 0.3 is 0 Å². The highest BCUT2D eigenvalue weighted by molar-refractivity contribution is 8.76. The monoisotopic (exact) mass is 592 g/mol. The molecule has 0 radical (unpaired) electrons. The molecule has 2 aliphatic heterocycles. The molecule has 40 heavy (non-hydrogen) atoms. The third kappa shape index (κ3) is 4.26. The van der Waals surface area contributed by atoms with Crippen LogP contribution >= 0.6 is 21.6 Å². The minimum absolute atomic E-state index is 0.196. The van der Waals surface area contributed by atoms with Crippen LogP contribution < -0.4 is 11.5 Å². The van der Waals surface area contributed by atoms with E-state index < -0.39 is 48.1 Å². The molecular weight excluding hydrogens is 564 g/mol. The van der Waals surface area contributed by atoms with Crippen molar-refractivity contribution in [2.75, 3.05) is 23.0 Å². The zero-order valence-electron chi connectivity index (χ0n) is 21.3. The van der Waals surface area contributed by atoms with Gasteiger partial charge in [0.25, 0.3) is 0 Å². The quantitative estimate of drug-likeness (QED) is 0.114. The third-order valence-corrected chi connectivity index (χ3v) is 9.75. The van der Waals surface area contributed by atoms with Gasteiger partial charge in [-0.3, -0.25) is 9.13 Å². The first-order valence-corrected chi connectivity index (χ1v) is 14.7. The van der Waals surface area contributed by atoms with E-state index in [4.69, 9.17) is 20.9 Å². The molecule has 6 heterocycles. The van der Waals surface area contributed by atoms with Crippen molar-refractivity contribution in [1.82, 2.24) is 39.0 Å². The van der Waals surface area contributed by atoms with E-state index in [1.165, 1.54) is 69.9 Å². The number of aliphatic hydroxyl groups excluding tert-OH is 2. The van der Waals surface area contributed by atoms with Gasteiger partial charge in [0.05, 0.1) is 24.9 Å². The predicted molar refractivity (Wildman–Crippen MR) is 145 cm³/mol. The number of fused-ring (bicyclic) bond motifs is 2. The van der Waals surface area contributed by atoms with Gasteiger partial charge in [0.2, 0.25) is 0 Å². The first-order chi connectivity index (χ1) is 19.0. The van der Waals surface area contributed by atoms with Crippen molar-refractivity contribution in [3.8, 4) is 0 Å². The molecule has 214 valence electrons. The smallest absolute Gasteiger partial charge is 0.168 e. The largest absolute Gasteiger partial charge is 0.387 e. The summed E-state index contributed by atoms with van der Waals surface area (Å²) in [5, 5.41) is 43.9. The van der Waals surface area contributed by atoms with Gasteiger partial charge in [0, 0.05) is 11.5 Å². The normalized spacial score (nSPS) is 34.4. The Balaban J connectivity index is 1.09. The highest BCUT2D eigenvalue weighted by Gasteiger charge is 2.55. The van der Waals surface area contributed by atoms with Crippen LogP contribution in [0.5, 0.6) is 0 Å². The minimum Gasteiger partial charge on any atom is -0.387 e. The minimum atomic E-state index is -1.64. The Hall–Kier alpha value is -2.84. The second-order valence-electron chi connectivity index (χ2n) is 10.1. The van der Waals surface area contributed by atoms with Crippen molar-refractivity contribution in [2.45, 2.75) is 61.9 Å². The lowest BCUT2D eigenvalue weighted by Crippen LogP contribution is -2.44. The van der Waals surface area contributed by atoms with Crippen LogP contribution in [0.15, 0.2) is 25.3 Å². The maximum Gasteiger partial charge on any atom is 0.168 e. The van der Waals surface area contributed by atoms with E-state index in [0.29, 0.717) is 33.8 Å². The van der Waals surface area contributed by atoms with Crippen LogP contribution in [0.3, 0.4) is 0 Å². The summed E-state index contributed by atoms with van der Waals surface area (Å²) < 4.78 is 15.2. The zero-order chi connectivity index (χ0) is 28.4. The summed E-state index contributed by atoms with van der Waals surface area (Å²) in [4.78, 5) is 24.7. The summed E-state index contributed by atoms with van der Waals surface area (Å²) >= 11 is 0. The SMILES string of the molecule is C[C@@]1(O)[C@H](O)[C@@H](CSSC[C@H]2O[C@@H](n3cnc4c(N)ncnc43)[C@](C)(O)[C@@H]2O)O[C@H]1n1cnc2c(N)ncnc21. The van der Waals surface area contributed by atoms with Gasteiger partial charge in [0.15, 0.2) is 35.4 Å². The molecule has 2 fully saturated rings. The number of hydrogen-bond donors (Lipinski definition) is 6. The molecule has 6 rings (SSSR count). The summed E-state index contributed by atoms with van der Waals surface area (Å²) in [6, 6.07) is 0. The van der Waals surface area contributed by atoms with Crippen molar-refractivity contribution in [3.05, 3.63) is 25.3 Å². The van der Waals surface area contributed by atoms with Crippen molar-refractivity contribution < 1.29 is 29.9 Å². The summed E-state index contributed by atoms with van der Waals surface area (Å²) in [6.07, 6.45) is -0.307. The van der Waals surface area contributed by atoms with Crippen LogP contribution in [0.4, 0.5) is 11.6 Å². The fraction of sp³-hybridized carbons (Fsp3) is 0.545. The molecule has 0 amide bonds. The molecule has 0 aromatic carbocycles. The number of imidazole rings is 2. The Morgan fingerprint density at radius 2 is 1.15 bits per heavy atom. The molecule has 2 saturated heterocycles. The average molecular weight is 593 g/mol. The molecular formula is C22H28N10O6S2. The van der Waals surface area contributed by atoms with Gasteiger partial charge < -0.3 is 41.4 Å². The Morgan fingerprint density at radius 1 is 0.750 bits per heavy atom. The van der Waals surface area contributed by atoms with Gasteiger partial charge in [-0.25, -0.2) is 29.9 Å². The fourth-order valence-electron chi connectivity index (χ4n) is 5.07. The summed E-state index contributed by atoms with van der Waals surface area (Å²) in [6.45, 7) is 2.97. The summed E-state index contributed by atoms with van der Waals surface area (Å²) in [5.74, 6) is 1.02. The fourth-order valence-corrected chi connectivity index (χ4v) is 7.43. The summed E-state index contributed by atoms with van der Waals surface area (Å²) in [5.41, 5.74) is 9.96. The van der Waals surface area contributed by atoms with Gasteiger partial charge in [-0.15, -0.1) is 0 Å². The number of nitrogens with zero attached hydrogens (tertiary/aromatic N) is 8. The van der Waals surface area contributed by atoms with E-state index >= 15 is 0 Å². The Kier molecular flexibility index (Phi) is 6.77. The molecule has 8 atom stereocenters. The summed E-state index contributed by atoms with van der Waals surface area (Å²) in [7, 11) is 2.75. The molecule has 2 aliphatic rings. The lowest BCUT2D eigenvalue weighted by Gasteiger charge is -2.27. The molecule has 0 unspecified atom stereocenters. The molecule has 8 N–H and O–H groups in total. The highest BCUT2D eigenvalue weighted by Crippen LogP contribution is 2.44. The maximum atomic E-state index is 11.1. The van der Waals surface area contributed by atoms with Gasteiger partial charge in [-0.1, -0.05) is 21.6 Å². The molecule has 4 aromatic rings. The van der Waals surface area contributed by atoms with Crippen LogP contribution in [-0.4, -0.2) is 107 Å². The van der Waals surface area contributed by atoms with E-state index in [0.717, 1.165) is 0 Å². The molecule has 4 aromatic heterocycles. The van der Waals surface area contributed by atoms with Gasteiger partial charge in [0.1, 0.15) is 47.1 Å². The maximum absolute atomic E-state index is 11.1. The molecule has 0 aliphatic carbocycles. The van der Waals surface area contributed by atoms with E-state index in [-0.39, 0.29) is 11.6 Å². The van der Waals surface area contributed by atoms with Crippen LogP contribution in [-0.2, 0) is 9.47 Å². The number of nitrogens with two attached hydrogens (primary N) is 2. The molecule has 0 saturated carbocycles. The number of rotatable bonds is 7. The van der Waals surface area contributed by atoms with E-state index in [2.05, 4.69) is 29.9 Å². The molecule has 0 spiro atoms. The number of anilines is 2. The van der Waals surface area contributed by atoms with Crippen LogP contribution in [0.2, 0.25) is 0 Å². The second kappa shape index (κ2) is 9.91. The topological polar surface area (TPSA) is 239 Å². The second-order valence-corrected chi connectivity index (χ2v) is 12.7. The van der Waals surface area contributed by atoms with Crippen molar-refractivity contribution in [1.29, 1.82) is 0 Å². The lowest BCUT2D eigenvalue weighted by molar-refractivity contribution is -0.0935. The van der Waals surface area contributed by atoms with Crippen LogP contribution in [0, 0.1) is 0 Å². The van der Waals surface area contributed by atoms with Crippen LogP contribution in [0.25, 0.3) is 22.3 Å². The number of nitrogen functional groups attached to an aromatic ring is 2. The van der Waals surface area contributed by atoms with Gasteiger partial charge in [-0.2, -0.15) is 0 Å². The Labute approximate surface area is 234 Å². The highest BCUT2D eigenvalue weighted by atomic mass is 33.1. The van der Waals surface area contributed by atoms with E-state index in [1.54, 1.807) is 0 Å². The molecule has 0 bridgehead atoms. The standard InChI is InChI=1S/C22H28N10O6S2/c1-21(35)13(33)9(37-19(21)31-7-29-11-15(23)25-5-27-17(11)31)3-39-40-4-10-14(34)22(2,36)20(38-10)32-8-30-12-16(24)26-6-28-18(12)32/h5-10,13-14,19-20,33-36H,3-4H2,1-2H3,(H2,23,25,27)(H2,24,26,28)/t9-,10-,13-,14-,19-,20-,21-,22-/m1/s1. The van der Waals surface area contributed by atoms with E-state index in [1.807, 2.05) is 0 Å².